The van der Waals surface area contributed by atoms with Crippen LogP contribution in [0.3, 0.4) is 0 Å². The third kappa shape index (κ3) is 7.44. The van der Waals surface area contributed by atoms with Crippen LogP contribution in [0.4, 0.5) is 4.39 Å². The molecular formula is C29H42FN. The van der Waals surface area contributed by atoms with Gasteiger partial charge in [-0.05, 0) is 79.7 Å². The van der Waals surface area contributed by atoms with Gasteiger partial charge in [-0.15, -0.1) is 0 Å². The summed E-state index contributed by atoms with van der Waals surface area (Å²) in [4.78, 5) is 4.65. The number of aryl methyl sites for hydroxylation is 1. The van der Waals surface area contributed by atoms with Crippen LogP contribution in [0.2, 0.25) is 0 Å². The molecule has 1 fully saturated rings. The molecule has 1 aliphatic carbocycles. The van der Waals surface area contributed by atoms with Gasteiger partial charge in [-0.2, -0.15) is 0 Å². The summed E-state index contributed by atoms with van der Waals surface area (Å²) >= 11 is 0. The van der Waals surface area contributed by atoms with Crippen molar-refractivity contribution in [3.05, 3.63) is 53.5 Å². The zero-order valence-corrected chi connectivity index (χ0v) is 19.8. The number of aromatic nitrogens is 1. The van der Waals surface area contributed by atoms with Gasteiger partial charge in [0.2, 0.25) is 0 Å². The zero-order valence-electron chi connectivity index (χ0n) is 19.8. The van der Waals surface area contributed by atoms with Crippen LogP contribution in [0.15, 0.2) is 36.5 Å². The molecule has 2 aromatic rings. The Morgan fingerprint density at radius 1 is 0.839 bits per heavy atom. The fraction of sp³-hybridized carbons (Fsp3) is 0.621. The van der Waals surface area contributed by atoms with Crippen molar-refractivity contribution in [2.45, 2.75) is 110 Å². The van der Waals surface area contributed by atoms with Crippen LogP contribution in [0.25, 0.3) is 11.3 Å². The number of rotatable bonds is 12. The minimum absolute atomic E-state index is 0.142. The Kier molecular flexibility index (Phi) is 10.0. The van der Waals surface area contributed by atoms with Gasteiger partial charge in [-0.25, -0.2) is 4.39 Å². The first-order valence-electron chi connectivity index (χ1n) is 13.0. The van der Waals surface area contributed by atoms with E-state index < -0.39 is 0 Å². The van der Waals surface area contributed by atoms with E-state index in [4.69, 9.17) is 0 Å². The van der Waals surface area contributed by atoms with Gasteiger partial charge in [0.25, 0.3) is 0 Å². The maximum Gasteiger partial charge on any atom is 0.132 e. The molecule has 0 bridgehead atoms. The van der Waals surface area contributed by atoms with Crippen LogP contribution in [0.1, 0.15) is 114 Å². The summed E-state index contributed by atoms with van der Waals surface area (Å²) in [5.74, 6) is 1.41. The smallest absolute Gasteiger partial charge is 0.132 e. The molecule has 0 amide bonds. The van der Waals surface area contributed by atoms with Gasteiger partial charge in [0.05, 0.1) is 5.69 Å². The molecule has 1 heterocycles. The third-order valence-corrected chi connectivity index (χ3v) is 7.20. The maximum atomic E-state index is 14.7. The number of benzene rings is 1. The first-order chi connectivity index (χ1) is 15.2. The third-order valence-electron chi connectivity index (χ3n) is 7.20. The first-order valence-corrected chi connectivity index (χ1v) is 13.0. The molecule has 1 nitrogen and oxygen atoms in total. The van der Waals surface area contributed by atoms with Crippen molar-refractivity contribution in [1.82, 2.24) is 4.98 Å². The molecule has 0 spiro atoms. The van der Waals surface area contributed by atoms with Crippen LogP contribution in [0.5, 0.6) is 0 Å². The molecule has 0 N–H and O–H groups in total. The van der Waals surface area contributed by atoms with Crippen molar-refractivity contribution in [2.24, 2.45) is 5.92 Å². The highest BCUT2D eigenvalue weighted by Crippen LogP contribution is 2.38. The molecule has 31 heavy (non-hydrogen) atoms. The van der Waals surface area contributed by atoms with Crippen molar-refractivity contribution >= 4 is 0 Å². The average molecular weight is 424 g/mol. The Bertz CT molecular complexity index is 759. The van der Waals surface area contributed by atoms with Crippen molar-refractivity contribution in [2.75, 3.05) is 0 Å². The van der Waals surface area contributed by atoms with E-state index in [1.165, 1.54) is 82.6 Å². The Morgan fingerprint density at radius 2 is 1.58 bits per heavy atom. The second kappa shape index (κ2) is 13.0. The molecule has 1 aromatic heterocycles. The van der Waals surface area contributed by atoms with Crippen molar-refractivity contribution in [3.8, 4) is 11.3 Å². The lowest BCUT2D eigenvalue weighted by Gasteiger charge is -2.28. The fourth-order valence-electron chi connectivity index (χ4n) is 5.13. The topological polar surface area (TPSA) is 12.9 Å². The number of unbranched alkanes of at least 4 members (excludes halogenated alkanes) is 6. The summed E-state index contributed by atoms with van der Waals surface area (Å²) in [6, 6.07) is 9.90. The molecule has 1 aromatic carbocycles. The number of halogens is 1. The van der Waals surface area contributed by atoms with Crippen LogP contribution in [0, 0.1) is 11.7 Å². The van der Waals surface area contributed by atoms with Crippen LogP contribution < -0.4 is 0 Å². The number of pyridine rings is 1. The minimum Gasteiger partial charge on any atom is -0.256 e. The van der Waals surface area contributed by atoms with Crippen molar-refractivity contribution < 1.29 is 4.39 Å². The highest BCUT2D eigenvalue weighted by atomic mass is 19.1. The second-order valence-corrected chi connectivity index (χ2v) is 9.67. The fourth-order valence-corrected chi connectivity index (χ4v) is 5.13. The average Bonchev–Trinajstić information content (AvgIpc) is 2.80. The zero-order chi connectivity index (χ0) is 21.9. The van der Waals surface area contributed by atoms with Gasteiger partial charge >= 0.3 is 0 Å². The van der Waals surface area contributed by atoms with E-state index >= 15 is 0 Å². The SMILES string of the molecule is CCCCCCc1ccc(-c2ccc([C@H]3CC[C@H](CCCCCC)CC3)cn2)c(F)c1. The molecule has 1 aliphatic rings. The lowest BCUT2D eigenvalue weighted by molar-refractivity contribution is 0.302. The minimum atomic E-state index is -0.142. The Balaban J connectivity index is 1.51. The highest BCUT2D eigenvalue weighted by Gasteiger charge is 2.22. The number of hydrogen-bond acceptors (Lipinski definition) is 1. The maximum absolute atomic E-state index is 14.7. The quantitative estimate of drug-likeness (QED) is 0.310. The molecular weight excluding hydrogens is 381 g/mol. The second-order valence-electron chi connectivity index (χ2n) is 9.67. The van der Waals surface area contributed by atoms with Crippen molar-refractivity contribution in [3.63, 3.8) is 0 Å². The molecule has 0 aliphatic heterocycles. The summed E-state index contributed by atoms with van der Waals surface area (Å²) in [6.07, 6.45) is 20.0. The highest BCUT2D eigenvalue weighted by molar-refractivity contribution is 5.60. The molecule has 1 saturated carbocycles. The molecule has 3 rings (SSSR count). The van der Waals surface area contributed by atoms with E-state index in [1.807, 2.05) is 18.3 Å². The van der Waals surface area contributed by atoms with Crippen LogP contribution in [-0.2, 0) is 6.42 Å². The Morgan fingerprint density at radius 3 is 2.23 bits per heavy atom. The summed E-state index contributed by atoms with van der Waals surface area (Å²) < 4.78 is 14.7. The lowest BCUT2D eigenvalue weighted by Crippen LogP contribution is -2.13. The largest absolute Gasteiger partial charge is 0.256 e. The Hall–Kier alpha value is -1.70. The predicted octanol–water partition coefficient (Wildman–Crippen LogP) is 9.25. The molecule has 2 heteroatoms. The van der Waals surface area contributed by atoms with E-state index in [-0.39, 0.29) is 5.82 Å². The number of hydrogen-bond donors (Lipinski definition) is 0. The lowest BCUT2D eigenvalue weighted by atomic mass is 9.77. The van der Waals surface area contributed by atoms with E-state index in [9.17, 15) is 4.39 Å². The molecule has 0 radical (unpaired) electrons. The van der Waals surface area contributed by atoms with Crippen LogP contribution >= 0.6 is 0 Å². The summed E-state index contributed by atoms with van der Waals surface area (Å²) in [5, 5.41) is 0. The van der Waals surface area contributed by atoms with Gasteiger partial charge in [-0.1, -0.05) is 77.3 Å². The molecule has 0 atom stereocenters. The molecule has 0 unspecified atom stereocenters. The van der Waals surface area contributed by atoms with E-state index in [0.717, 1.165) is 30.0 Å². The Labute approximate surface area is 189 Å². The van der Waals surface area contributed by atoms with E-state index in [1.54, 1.807) is 6.07 Å². The number of nitrogens with zero attached hydrogens (tertiary/aromatic N) is 1. The summed E-state index contributed by atoms with van der Waals surface area (Å²) in [7, 11) is 0. The monoisotopic (exact) mass is 423 g/mol. The van der Waals surface area contributed by atoms with Gasteiger partial charge < -0.3 is 0 Å². The standard InChI is InChI=1S/C29H42FN/c1-3-5-7-9-11-23-13-16-25(17-14-23)26-18-20-29(31-22-26)27-19-15-24(21-28(27)30)12-10-8-6-4-2/h15,18-23,25H,3-14,16-17H2,1-2H3/t23-,25-. The van der Waals surface area contributed by atoms with Gasteiger partial charge in [0.1, 0.15) is 5.82 Å². The molecule has 0 saturated heterocycles. The summed E-state index contributed by atoms with van der Waals surface area (Å²) in [6.45, 7) is 4.50. The normalized spacial score (nSPS) is 18.9. The van der Waals surface area contributed by atoms with E-state index in [0.29, 0.717) is 11.5 Å². The van der Waals surface area contributed by atoms with Crippen LogP contribution in [-0.4, -0.2) is 4.98 Å². The van der Waals surface area contributed by atoms with Gasteiger partial charge in [0.15, 0.2) is 0 Å². The van der Waals surface area contributed by atoms with Gasteiger partial charge in [0, 0.05) is 11.8 Å². The van der Waals surface area contributed by atoms with Gasteiger partial charge in [-0.3, -0.25) is 4.98 Å². The summed E-state index contributed by atoms with van der Waals surface area (Å²) in [5.41, 5.74) is 3.81. The van der Waals surface area contributed by atoms with E-state index in [2.05, 4.69) is 31.0 Å². The molecule has 170 valence electrons. The first kappa shape index (κ1) is 24.0. The predicted molar refractivity (Wildman–Crippen MR) is 131 cm³/mol. The van der Waals surface area contributed by atoms with Crippen molar-refractivity contribution in [1.29, 1.82) is 0 Å².